The summed E-state index contributed by atoms with van der Waals surface area (Å²) in [4.78, 5) is 7.57. The molecule has 1 aliphatic rings. The molecule has 0 saturated heterocycles. The Morgan fingerprint density at radius 2 is 2.00 bits per heavy atom. The number of hydrogen-bond acceptors (Lipinski definition) is 1. The third-order valence-electron chi connectivity index (χ3n) is 4.65. The maximum absolute atomic E-state index is 6.33. The third-order valence-corrected chi connectivity index (χ3v) is 5.01. The molecule has 1 aliphatic carbocycles. The highest BCUT2D eigenvalue weighted by atomic mass is 35.5. The topological polar surface area (TPSA) is 28.7 Å². The Hall–Kier alpha value is -1.02. The van der Waals surface area contributed by atoms with Crippen LogP contribution in [0.2, 0.25) is 5.02 Å². The van der Waals surface area contributed by atoms with Crippen LogP contribution < -0.4 is 0 Å². The summed E-state index contributed by atoms with van der Waals surface area (Å²) in [5, 5.41) is 0.863. The van der Waals surface area contributed by atoms with Crippen LogP contribution in [0, 0.1) is 5.92 Å². The largest absolute Gasteiger partial charge is 0.345 e. The van der Waals surface area contributed by atoms with Crippen LogP contribution in [0.4, 0.5) is 0 Å². The Morgan fingerprint density at radius 1 is 1.15 bits per heavy atom. The number of imidazole rings is 1. The Labute approximate surface area is 125 Å². The van der Waals surface area contributed by atoms with Gasteiger partial charge in [0.1, 0.15) is 0 Å². The minimum absolute atomic E-state index is 0.863. The molecule has 3 rings (SSSR count). The smallest absolute Gasteiger partial charge is 0.0932 e. The first kappa shape index (κ1) is 13.9. The fraction of sp³-hybridized carbons (Fsp3) is 0.588. The van der Waals surface area contributed by atoms with Crippen LogP contribution in [0.15, 0.2) is 18.5 Å². The summed E-state index contributed by atoms with van der Waals surface area (Å²) in [6.07, 6.45) is 14.0. The summed E-state index contributed by atoms with van der Waals surface area (Å²) in [5.41, 5.74) is 3.36. The van der Waals surface area contributed by atoms with Crippen molar-refractivity contribution in [2.45, 2.75) is 57.8 Å². The normalized spacial score (nSPS) is 16.9. The zero-order valence-corrected chi connectivity index (χ0v) is 12.8. The molecule has 1 aromatic carbocycles. The third kappa shape index (κ3) is 3.17. The highest BCUT2D eigenvalue weighted by Gasteiger charge is 2.13. The summed E-state index contributed by atoms with van der Waals surface area (Å²) in [5.74, 6) is 0.986. The summed E-state index contributed by atoms with van der Waals surface area (Å²) < 4.78 is 0. The van der Waals surface area contributed by atoms with Crippen molar-refractivity contribution in [2.24, 2.45) is 5.92 Å². The molecule has 1 heterocycles. The Kier molecular flexibility index (Phi) is 4.62. The Balaban J connectivity index is 1.54. The monoisotopic (exact) mass is 290 g/mol. The van der Waals surface area contributed by atoms with Crippen LogP contribution in [0.25, 0.3) is 11.0 Å². The fourth-order valence-electron chi connectivity index (χ4n) is 3.49. The number of aryl methyl sites for hydroxylation is 1. The summed E-state index contributed by atoms with van der Waals surface area (Å²) in [7, 11) is 0. The number of unbranched alkanes of at least 4 members (excludes halogenated alkanes) is 1. The van der Waals surface area contributed by atoms with Gasteiger partial charge in [-0.3, -0.25) is 0 Å². The lowest BCUT2D eigenvalue weighted by Gasteiger charge is -2.21. The molecular weight excluding hydrogens is 268 g/mol. The molecule has 0 unspecified atom stereocenters. The van der Waals surface area contributed by atoms with Gasteiger partial charge in [0.2, 0.25) is 0 Å². The molecule has 0 bridgehead atoms. The van der Waals surface area contributed by atoms with Crippen molar-refractivity contribution in [3.05, 3.63) is 29.0 Å². The lowest BCUT2D eigenvalue weighted by molar-refractivity contribution is 0.330. The van der Waals surface area contributed by atoms with Gasteiger partial charge in [0.25, 0.3) is 0 Å². The average molecular weight is 291 g/mol. The predicted octanol–water partition coefficient (Wildman–Crippen LogP) is 5.51. The van der Waals surface area contributed by atoms with Crippen molar-refractivity contribution in [2.75, 3.05) is 0 Å². The zero-order valence-electron chi connectivity index (χ0n) is 12.0. The number of nitrogens with one attached hydrogen (secondary N) is 1. The SMILES string of the molecule is Clc1ccc2[nH]cnc2c1CCCCC1CCCCC1. The molecular formula is C17H23ClN2. The van der Waals surface area contributed by atoms with Gasteiger partial charge in [-0.25, -0.2) is 4.98 Å². The highest BCUT2D eigenvalue weighted by molar-refractivity contribution is 6.32. The fourth-order valence-corrected chi connectivity index (χ4v) is 3.74. The van der Waals surface area contributed by atoms with Gasteiger partial charge < -0.3 is 4.98 Å². The lowest BCUT2D eigenvalue weighted by atomic mass is 9.85. The van der Waals surface area contributed by atoms with Crippen LogP contribution in [0.3, 0.4) is 0 Å². The van der Waals surface area contributed by atoms with E-state index >= 15 is 0 Å². The Morgan fingerprint density at radius 3 is 2.85 bits per heavy atom. The summed E-state index contributed by atoms with van der Waals surface area (Å²) in [6.45, 7) is 0. The molecule has 1 saturated carbocycles. The predicted molar refractivity (Wildman–Crippen MR) is 85.2 cm³/mol. The van der Waals surface area contributed by atoms with E-state index in [1.165, 1.54) is 56.9 Å². The molecule has 0 aliphatic heterocycles. The van der Waals surface area contributed by atoms with Crippen molar-refractivity contribution >= 4 is 22.6 Å². The molecule has 2 nitrogen and oxygen atoms in total. The van der Waals surface area contributed by atoms with Gasteiger partial charge in [-0.2, -0.15) is 0 Å². The van der Waals surface area contributed by atoms with Crippen molar-refractivity contribution < 1.29 is 0 Å². The molecule has 1 aromatic heterocycles. The van der Waals surface area contributed by atoms with E-state index in [0.29, 0.717) is 0 Å². The van der Waals surface area contributed by atoms with E-state index in [9.17, 15) is 0 Å². The van der Waals surface area contributed by atoms with Gasteiger partial charge in [-0.05, 0) is 36.5 Å². The van der Waals surface area contributed by atoms with E-state index in [0.717, 1.165) is 28.4 Å². The Bertz CT molecular complexity index is 555. The number of nitrogens with zero attached hydrogens (tertiary/aromatic N) is 1. The summed E-state index contributed by atoms with van der Waals surface area (Å²) >= 11 is 6.33. The van der Waals surface area contributed by atoms with Crippen LogP contribution in [-0.4, -0.2) is 9.97 Å². The van der Waals surface area contributed by atoms with E-state index in [2.05, 4.69) is 9.97 Å². The van der Waals surface area contributed by atoms with Crippen molar-refractivity contribution in [1.82, 2.24) is 9.97 Å². The van der Waals surface area contributed by atoms with Gasteiger partial charge in [0.15, 0.2) is 0 Å². The number of H-pyrrole nitrogens is 1. The minimum Gasteiger partial charge on any atom is -0.345 e. The number of rotatable bonds is 5. The minimum atomic E-state index is 0.863. The number of hydrogen-bond donors (Lipinski definition) is 1. The molecule has 0 atom stereocenters. The standard InChI is InChI=1S/C17H23ClN2/c18-15-10-11-16-17(20-12-19-16)14(15)9-5-4-8-13-6-2-1-3-7-13/h10-13H,1-9H2,(H,19,20). The second-order valence-electron chi connectivity index (χ2n) is 6.07. The molecule has 2 aromatic rings. The summed E-state index contributed by atoms with van der Waals surface area (Å²) in [6, 6.07) is 3.99. The second-order valence-corrected chi connectivity index (χ2v) is 6.48. The lowest BCUT2D eigenvalue weighted by Crippen LogP contribution is -2.06. The van der Waals surface area contributed by atoms with E-state index in [1.54, 1.807) is 6.33 Å². The van der Waals surface area contributed by atoms with E-state index in [1.807, 2.05) is 12.1 Å². The van der Waals surface area contributed by atoms with E-state index in [4.69, 9.17) is 11.6 Å². The molecule has 20 heavy (non-hydrogen) atoms. The maximum atomic E-state index is 6.33. The number of aromatic amines is 1. The molecule has 1 fully saturated rings. The van der Waals surface area contributed by atoms with Crippen LogP contribution in [-0.2, 0) is 6.42 Å². The second kappa shape index (κ2) is 6.62. The number of aromatic nitrogens is 2. The van der Waals surface area contributed by atoms with Crippen molar-refractivity contribution in [1.29, 1.82) is 0 Å². The quantitative estimate of drug-likeness (QED) is 0.723. The van der Waals surface area contributed by atoms with Crippen LogP contribution in [0.1, 0.15) is 56.9 Å². The number of halogens is 1. The zero-order chi connectivity index (χ0) is 13.8. The molecule has 108 valence electrons. The molecule has 0 amide bonds. The van der Waals surface area contributed by atoms with Gasteiger partial charge in [-0.1, -0.05) is 56.5 Å². The van der Waals surface area contributed by atoms with Gasteiger partial charge in [0.05, 0.1) is 17.4 Å². The van der Waals surface area contributed by atoms with Gasteiger partial charge >= 0.3 is 0 Å². The highest BCUT2D eigenvalue weighted by Crippen LogP contribution is 2.29. The van der Waals surface area contributed by atoms with Crippen molar-refractivity contribution in [3.63, 3.8) is 0 Å². The van der Waals surface area contributed by atoms with E-state index < -0.39 is 0 Å². The van der Waals surface area contributed by atoms with Gasteiger partial charge in [0, 0.05) is 5.02 Å². The average Bonchev–Trinajstić information content (AvgIpc) is 2.95. The first-order valence-corrected chi connectivity index (χ1v) is 8.33. The van der Waals surface area contributed by atoms with Gasteiger partial charge in [-0.15, -0.1) is 0 Å². The molecule has 3 heteroatoms. The van der Waals surface area contributed by atoms with Crippen molar-refractivity contribution in [3.8, 4) is 0 Å². The van der Waals surface area contributed by atoms with Crippen LogP contribution >= 0.6 is 11.6 Å². The number of benzene rings is 1. The molecule has 0 spiro atoms. The molecule has 1 N–H and O–H groups in total. The first-order chi connectivity index (χ1) is 9.84. The maximum Gasteiger partial charge on any atom is 0.0932 e. The van der Waals surface area contributed by atoms with Crippen LogP contribution in [0.5, 0.6) is 0 Å². The molecule has 0 radical (unpaired) electrons. The van der Waals surface area contributed by atoms with E-state index in [-0.39, 0.29) is 0 Å². The first-order valence-electron chi connectivity index (χ1n) is 7.95. The number of fused-ring (bicyclic) bond motifs is 1.